The van der Waals surface area contributed by atoms with Crippen LogP contribution in [-0.2, 0) is 4.79 Å². The lowest BCUT2D eigenvalue weighted by molar-refractivity contribution is -0.117. The van der Waals surface area contributed by atoms with E-state index in [2.05, 4.69) is 5.32 Å². The number of hydrogen-bond acceptors (Lipinski definition) is 2. The van der Waals surface area contributed by atoms with Gasteiger partial charge in [-0.3, -0.25) is 4.79 Å². The van der Waals surface area contributed by atoms with Gasteiger partial charge in [0.25, 0.3) is 0 Å². The topological polar surface area (TPSA) is 69.6 Å². The maximum atomic E-state index is 12.2. The van der Waals surface area contributed by atoms with Gasteiger partial charge in [0.05, 0.1) is 6.04 Å². The number of hydrogen-bond donors (Lipinski definition) is 2. The second kappa shape index (κ2) is 5.06. The summed E-state index contributed by atoms with van der Waals surface area (Å²) in [7, 11) is 0. The zero-order valence-corrected chi connectivity index (χ0v) is 12.2. The Morgan fingerprint density at radius 2 is 1.95 bits per heavy atom. The third-order valence-corrected chi connectivity index (χ3v) is 4.62. The fourth-order valence-corrected chi connectivity index (χ4v) is 3.65. The quantitative estimate of drug-likeness (QED) is 0.879. The molecular formula is C16H20N2O3. The lowest BCUT2D eigenvalue weighted by atomic mass is 9.80. The van der Waals surface area contributed by atoms with Gasteiger partial charge in [-0.05, 0) is 30.4 Å². The van der Waals surface area contributed by atoms with Gasteiger partial charge in [0.15, 0.2) is 0 Å². The van der Waals surface area contributed by atoms with Gasteiger partial charge in [-0.2, -0.15) is 0 Å². The van der Waals surface area contributed by atoms with Gasteiger partial charge in [-0.1, -0.05) is 25.1 Å². The van der Waals surface area contributed by atoms with Crippen molar-refractivity contribution in [3.05, 3.63) is 29.8 Å². The number of fused-ring (bicyclic) bond motifs is 1. The molecule has 1 aliphatic heterocycles. The molecular weight excluding hydrogens is 268 g/mol. The smallest absolute Gasteiger partial charge is 0.405 e. The van der Waals surface area contributed by atoms with E-state index in [1.54, 1.807) is 6.92 Å². The van der Waals surface area contributed by atoms with Crippen molar-refractivity contribution in [3.8, 4) is 0 Å². The molecule has 5 nitrogen and oxygen atoms in total. The number of nitrogens with zero attached hydrogens (tertiary/aromatic N) is 1. The van der Waals surface area contributed by atoms with Crippen molar-refractivity contribution in [2.45, 2.75) is 38.8 Å². The number of amides is 2. The summed E-state index contributed by atoms with van der Waals surface area (Å²) in [5, 5.41) is 11.8. The van der Waals surface area contributed by atoms with Crippen LogP contribution in [0.25, 0.3) is 0 Å². The Morgan fingerprint density at radius 3 is 2.52 bits per heavy atom. The van der Waals surface area contributed by atoms with Crippen molar-refractivity contribution in [3.63, 3.8) is 0 Å². The highest BCUT2D eigenvalue weighted by molar-refractivity contribution is 5.94. The first-order valence-corrected chi connectivity index (χ1v) is 7.39. The zero-order chi connectivity index (χ0) is 15.1. The Kier molecular flexibility index (Phi) is 3.35. The van der Waals surface area contributed by atoms with Crippen LogP contribution >= 0.6 is 0 Å². The summed E-state index contributed by atoms with van der Waals surface area (Å²) in [6.07, 6.45) is 1.20. The molecule has 1 aromatic carbocycles. The standard InChI is InChI=1S/C16H20N2O3/c1-9-14(17-16(20)21)12-5-3-4-6-13(12)18(10(2)19)15(9)11-7-8-11/h3-6,9,11,14-15,17H,7-8H2,1-2H3,(H,20,21)/t9-,14+,15+/m0/s1. The number of benzene rings is 1. The fraction of sp³-hybridized carbons (Fsp3) is 0.500. The summed E-state index contributed by atoms with van der Waals surface area (Å²) in [6.45, 7) is 3.62. The molecule has 2 aliphatic rings. The van der Waals surface area contributed by atoms with Crippen LogP contribution in [0.3, 0.4) is 0 Å². The van der Waals surface area contributed by atoms with Crippen molar-refractivity contribution < 1.29 is 14.7 Å². The first-order valence-electron chi connectivity index (χ1n) is 7.39. The maximum absolute atomic E-state index is 12.2. The molecule has 0 unspecified atom stereocenters. The van der Waals surface area contributed by atoms with E-state index < -0.39 is 6.09 Å². The molecule has 3 atom stereocenters. The molecule has 1 aromatic rings. The first-order chi connectivity index (χ1) is 10.0. The molecule has 1 fully saturated rings. The third kappa shape index (κ3) is 2.37. The molecule has 1 heterocycles. The summed E-state index contributed by atoms with van der Waals surface area (Å²) in [4.78, 5) is 25.2. The van der Waals surface area contributed by atoms with Gasteiger partial charge >= 0.3 is 6.09 Å². The monoisotopic (exact) mass is 288 g/mol. The molecule has 21 heavy (non-hydrogen) atoms. The number of carbonyl (C=O) groups excluding carboxylic acids is 1. The second-order valence-electron chi connectivity index (χ2n) is 6.06. The summed E-state index contributed by atoms with van der Waals surface area (Å²) >= 11 is 0. The summed E-state index contributed by atoms with van der Waals surface area (Å²) in [5.74, 6) is 0.572. The Bertz CT molecular complexity index is 583. The molecule has 0 aromatic heterocycles. The summed E-state index contributed by atoms with van der Waals surface area (Å²) < 4.78 is 0. The molecule has 1 saturated carbocycles. The number of para-hydroxylation sites is 1. The fourth-order valence-electron chi connectivity index (χ4n) is 3.65. The van der Waals surface area contributed by atoms with Gasteiger partial charge in [0.2, 0.25) is 5.91 Å². The Morgan fingerprint density at radius 1 is 1.29 bits per heavy atom. The van der Waals surface area contributed by atoms with Crippen LogP contribution < -0.4 is 10.2 Å². The third-order valence-electron chi connectivity index (χ3n) is 4.62. The molecule has 3 rings (SSSR count). The molecule has 0 bridgehead atoms. The molecule has 0 spiro atoms. The Labute approximate surface area is 123 Å². The average molecular weight is 288 g/mol. The molecule has 1 aliphatic carbocycles. The van der Waals surface area contributed by atoms with Crippen molar-refractivity contribution in [2.24, 2.45) is 11.8 Å². The molecule has 0 radical (unpaired) electrons. The molecule has 2 N–H and O–H groups in total. The Balaban J connectivity index is 2.09. The van der Waals surface area contributed by atoms with Crippen LogP contribution in [0.2, 0.25) is 0 Å². The molecule has 2 amide bonds. The zero-order valence-electron chi connectivity index (χ0n) is 12.2. The highest BCUT2D eigenvalue weighted by Crippen LogP contribution is 2.48. The van der Waals surface area contributed by atoms with Crippen molar-refractivity contribution in [1.82, 2.24) is 5.32 Å². The molecule has 5 heteroatoms. The van der Waals surface area contributed by atoms with Crippen LogP contribution in [0.5, 0.6) is 0 Å². The highest BCUT2D eigenvalue weighted by atomic mass is 16.4. The minimum absolute atomic E-state index is 0.0278. The van der Waals surface area contributed by atoms with Gasteiger partial charge in [0, 0.05) is 24.6 Å². The summed E-state index contributed by atoms with van der Waals surface area (Å²) in [6, 6.07) is 7.42. The highest BCUT2D eigenvalue weighted by Gasteiger charge is 2.47. The number of carbonyl (C=O) groups is 2. The number of carboxylic acid groups (broad SMARTS) is 1. The molecule has 0 saturated heterocycles. The van der Waals surface area contributed by atoms with Crippen molar-refractivity contribution in [2.75, 3.05) is 4.90 Å². The predicted octanol–water partition coefficient (Wildman–Crippen LogP) is 2.78. The van der Waals surface area contributed by atoms with E-state index >= 15 is 0 Å². The van der Waals surface area contributed by atoms with Gasteiger partial charge < -0.3 is 15.3 Å². The number of nitrogens with one attached hydrogen (secondary N) is 1. The number of rotatable bonds is 2. The van der Waals surface area contributed by atoms with Crippen LogP contribution in [-0.4, -0.2) is 23.1 Å². The predicted molar refractivity (Wildman–Crippen MR) is 79.2 cm³/mol. The van der Waals surface area contributed by atoms with E-state index in [0.717, 1.165) is 24.1 Å². The molecule has 112 valence electrons. The second-order valence-corrected chi connectivity index (χ2v) is 6.06. The first kappa shape index (κ1) is 13.9. The van der Waals surface area contributed by atoms with Crippen LogP contribution in [0, 0.1) is 11.8 Å². The van der Waals surface area contributed by atoms with Gasteiger partial charge in [0.1, 0.15) is 0 Å². The Hall–Kier alpha value is -2.04. The van der Waals surface area contributed by atoms with Crippen LogP contribution in [0.15, 0.2) is 24.3 Å². The van der Waals surface area contributed by atoms with Gasteiger partial charge in [-0.25, -0.2) is 4.79 Å². The van der Waals surface area contributed by atoms with Crippen molar-refractivity contribution >= 4 is 17.7 Å². The van der Waals surface area contributed by atoms with E-state index in [-0.39, 0.29) is 23.9 Å². The minimum Gasteiger partial charge on any atom is -0.465 e. The van der Waals surface area contributed by atoms with Gasteiger partial charge in [-0.15, -0.1) is 0 Å². The van der Waals surface area contributed by atoms with Crippen LogP contribution in [0.4, 0.5) is 10.5 Å². The normalized spacial score (nSPS) is 27.9. The van der Waals surface area contributed by atoms with E-state index in [1.807, 2.05) is 36.1 Å². The maximum Gasteiger partial charge on any atom is 0.405 e. The van der Waals surface area contributed by atoms with Crippen molar-refractivity contribution in [1.29, 1.82) is 0 Å². The minimum atomic E-state index is -1.02. The van der Waals surface area contributed by atoms with Crippen LogP contribution in [0.1, 0.15) is 38.3 Å². The lowest BCUT2D eigenvalue weighted by Gasteiger charge is -2.45. The average Bonchev–Trinajstić information content (AvgIpc) is 3.25. The number of anilines is 1. The SMILES string of the molecule is CC(=O)N1c2ccccc2[C@H](NC(=O)O)[C@H](C)[C@@H]1C1CC1. The largest absolute Gasteiger partial charge is 0.465 e. The van der Waals surface area contributed by atoms with E-state index in [0.29, 0.717) is 5.92 Å². The van der Waals surface area contributed by atoms with E-state index in [9.17, 15) is 9.59 Å². The lowest BCUT2D eigenvalue weighted by Crippen LogP contribution is -2.52. The van der Waals surface area contributed by atoms with E-state index in [1.165, 1.54) is 0 Å². The van der Waals surface area contributed by atoms with E-state index in [4.69, 9.17) is 5.11 Å². The summed E-state index contributed by atoms with van der Waals surface area (Å²) in [5.41, 5.74) is 1.73.